The van der Waals surface area contributed by atoms with Crippen LogP contribution in [0, 0.1) is 0 Å². The van der Waals surface area contributed by atoms with E-state index in [0.29, 0.717) is 18.7 Å². The van der Waals surface area contributed by atoms with Gasteiger partial charge in [-0.2, -0.15) is 0 Å². The molecule has 0 bridgehead atoms. The fourth-order valence-corrected chi connectivity index (χ4v) is 3.69. The lowest BCUT2D eigenvalue weighted by Crippen LogP contribution is -2.52. The van der Waals surface area contributed by atoms with Crippen LogP contribution in [0.5, 0.6) is 17.2 Å². The molecule has 0 radical (unpaired) electrons. The Balaban J connectivity index is 1.61. The minimum atomic E-state index is 0.626. The molecule has 9 nitrogen and oxygen atoms in total. The summed E-state index contributed by atoms with van der Waals surface area (Å²) in [6.45, 7) is 8.10. The second-order valence-corrected chi connectivity index (χ2v) is 7.25. The lowest BCUT2D eigenvalue weighted by Gasteiger charge is -2.36. The quantitative estimate of drug-likeness (QED) is 0.477. The summed E-state index contributed by atoms with van der Waals surface area (Å²) in [7, 11) is 4.94. The molecular weight excluding hydrogens is 398 g/mol. The van der Waals surface area contributed by atoms with Gasteiger partial charge in [-0.05, 0) is 13.3 Å². The summed E-state index contributed by atoms with van der Waals surface area (Å²) in [6.07, 6.45) is 2.33. The summed E-state index contributed by atoms with van der Waals surface area (Å²) in [5, 5.41) is 7.43. The first-order chi connectivity index (χ1) is 15.2. The number of nitrogens with zero attached hydrogens (tertiary/aromatic N) is 4. The maximum Gasteiger partial charge on any atom is 0.194 e. The van der Waals surface area contributed by atoms with Gasteiger partial charge in [0.1, 0.15) is 23.5 Å². The van der Waals surface area contributed by atoms with Crippen molar-refractivity contribution in [1.29, 1.82) is 0 Å². The van der Waals surface area contributed by atoms with Crippen LogP contribution < -0.4 is 19.5 Å². The lowest BCUT2D eigenvalue weighted by molar-refractivity contribution is 0.169. The Morgan fingerprint density at radius 2 is 1.81 bits per heavy atom. The Labute approximate surface area is 183 Å². The average Bonchev–Trinajstić information content (AvgIpc) is 3.32. The molecule has 0 unspecified atom stereocenters. The molecule has 2 aromatic rings. The molecule has 0 amide bonds. The van der Waals surface area contributed by atoms with Crippen LogP contribution in [-0.2, 0) is 13.0 Å². The molecule has 1 aromatic carbocycles. The van der Waals surface area contributed by atoms with E-state index in [2.05, 4.69) is 27.2 Å². The van der Waals surface area contributed by atoms with Crippen molar-refractivity contribution in [2.75, 3.05) is 60.6 Å². The highest BCUT2D eigenvalue weighted by Gasteiger charge is 2.20. The van der Waals surface area contributed by atoms with Crippen LogP contribution in [0.15, 0.2) is 34.0 Å². The van der Waals surface area contributed by atoms with Crippen molar-refractivity contribution in [2.45, 2.75) is 19.9 Å². The number of guanidine groups is 1. The molecule has 2 heterocycles. The highest BCUT2D eigenvalue weighted by atomic mass is 16.5. The maximum atomic E-state index is 5.55. The molecule has 1 aromatic heterocycles. The number of ether oxygens (including phenoxy) is 3. The van der Waals surface area contributed by atoms with Gasteiger partial charge < -0.3 is 29.0 Å². The lowest BCUT2D eigenvalue weighted by atomic mass is 10.1. The largest absolute Gasteiger partial charge is 0.496 e. The van der Waals surface area contributed by atoms with Crippen molar-refractivity contribution in [2.24, 2.45) is 4.99 Å². The zero-order valence-corrected chi connectivity index (χ0v) is 18.9. The molecule has 1 fully saturated rings. The van der Waals surface area contributed by atoms with Gasteiger partial charge in [0.05, 0.1) is 27.0 Å². The smallest absolute Gasteiger partial charge is 0.194 e. The number of hydrogen-bond donors (Lipinski definition) is 1. The highest BCUT2D eigenvalue weighted by Crippen LogP contribution is 2.34. The molecule has 9 heteroatoms. The third kappa shape index (κ3) is 6.04. The maximum absolute atomic E-state index is 5.55. The summed E-state index contributed by atoms with van der Waals surface area (Å²) in [4.78, 5) is 9.56. The van der Waals surface area contributed by atoms with Gasteiger partial charge >= 0.3 is 0 Å². The summed E-state index contributed by atoms with van der Waals surface area (Å²) in [5.74, 6) is 3.14. The van der Waals surface area contributed by atoms with Crippen LogP contribution in [0.1, 0.15) is 18.2 Å². The van der Waals surface area contributed by atoms with Crippen molar-refractivity contribution in [1.82, 2.24) is 20.3 Å². The fourth-order valence-electron chi connectivity index (χ4n) is 3.69. The van der Waals surface area contributed by atoms with Crippen LogP contribution in [0.3, 0.4) is 0 Å². The van der Waals surface area contributed by atoms with Crippen molar-refractivity contribution in [3.63, 3.8) is 0 Å². The van der Waals surface area contributed by atoms with Gasteiger partial charge in [0.2, 0.25) is 0 Å². The molecule has 1 aliphatic rings. The summed E-state index contributed by atoms with van der Waals surface area (Å²) < 4.78 is 21.4. The van der Waals surface area contributed by atoms with E-state index in [-0.39, 0.29) is 0 Å². The van der Waals surface area contributed by atoms with Gasteiger partial charge in [0.15, 0.2) is 5.96 Å². The molecule has 1 saturated heterocycles. The average molecular weight is 432 g/mol. The van der Waals surface area contributed by atoms with Crippen molar-refractivity contribution < 1.29 is 18.7 Å². The van der Waals surface area contributed by atoms with Gasteiger partial charge in [0, 0.05) is 69.6 Å². The Kier molecular flexibility index (Phi) is 8.40. The molecule has 31 heavy (non-hydrogen) atoms. The monoisotopic (exact) mass is 431 g/mol. The summed E-state index contributed by atoms with van der Waals surface area (Å²) in [5.41, 5.74) is 1.96. The highest BCUT2D eigenvalue weighted by molar-refractivity contribution is 5.80. The first kappa shape index (κ1) is 22.7. The number of rotatable bonds is 9. The van der Waals surface area contributed by atoms with E-state index in [9.17, 15) is 0 Å². The number of benzene rings is 1. The standard InChI is InChI=1S/C22H33N5O4/c1-5-23-22(27-11-9-26(10-12-27)16-17-7-13-31-25-17)24-8-6-19-20(29-3)14-18(28-2)15-21(19)30-4/h7,13-15H,5-6,8-12,16H2,1-4H3,(H,23,24). The predicted molar refractivity (Wildman–Crippen MR) is 119 cm³/mol. The predicted octanol–water partition coefficient (Wildman–Crippen LogP) is 2.03. The van der Waals surface area contributed by atoms with Crippen LogP contribution in [-0.4, -0.2) is 81.5 Å². The van der Waals surface area contributed by atoms with E-state index in [0.717, 1.165) is 68.0 Å². The summed E-state index contributed by atoms with van der Waals surface area (Å²) >= 11 is 0. The third-order valence-corrected chi connectivity index (χ3v) is 5.32. The third-order valence-electron chi connectivity index (χ3n) is 5.32. The van der Waals surface area contributed by atoms with Crippen LogP contribution in [0.25, 0.3) is 0 Å². The van der Waals surface area contributed by atoms with Gasteiger partial charge in [-0.15, -0.1) is 0 Å². The topological polar surface area (TPSA) is 84.6 Å². The van der Waals surface area contributed by atoms with E-state index in [1.165, 1.54) is 0 Å². The molecular formula is C22H33N5O4. The van der Waals surface area contributed by atoms with Crippen LogP contribution >= 0.6 is 0 Å². The van der Waals surface area contributed by atoms with Gasteiger partial charge in [0.25, 0.3) is 0 Å². The van der Waals surface area contributed by atoms with E-state index in [4.69, 9.17) is 23.7 Å². The SMILES string of the molecule is CCNC(=NCCc1c(OC)cc(OC)cc1OC)N1CCN(Cc2ccon2)CC1. The molecule has 0 spiro atoms. The number of aromatic nitrogens is 1. The van der Waals surface area contributed by atoms with Gasteiger partial charge in [-0.25, -0.2) is 0 Å². The van der Waals surface area contributed by atoms with E-state index in [1.54, 1.807) is 27.6 Å². The molecule has 1 N–H and O–H groups in total. The Morgan fingerprint density at radius 1 is 1.10 bits per heavy atom. The zero-order chi connectivity index (χ0) is 22.1. The first-order valence-electron chi connectivity index (χ1n) is 10.6. The minimum absolute atomic E-state index is 0.626. The van der Waals surface area contributed by atoms with Crippen molar-refractivity contribution >= 4 is 5.96 Å². The number of hydrogen-bond acceptors (Lipinski definition) is 7. The second kappa shape index (κ2) is 11.5. The van der Waals surface area contributed by atoms with Gasteiger partial charge in [-0.3, -0.25) is 9.89 Å². The molecule has 170 valence electrons. The van der Waals surface area contributed by atoms with E-state index >= 15 is 0 Å². The van der Waals surface area contributed by atoms with Crippen molar-refractivity contribution in [3.8, 4) is 17.2 Å². The number of methoxy groups -OCH3 is 3. The number of nitrogens with one attached hydrogen (secondary N) is 1. The Bertz CT molecular complexity index is 807. The molecule has 0 atom stereocenters. The van der Waals surface area contributed by atoms with Crippen LogP contribution in [0.2, 0.25) is 0 Å². The Hall–Kier alpha value is -2.94. The van der Waals surface area contributed by atoms with Gasteiger partial charge in [-0.1, -0.05) is 5.16 Å². The van der Waals surface area contributed by atoms with E-state index in [1.807, 2.05) is 18.2 Å². The second-order valence-electron chi connectivity index (χ2n) is 7.25. The molecule has 0 saturated carbocycles. The Morgan fingerprint density at radius 3 is 2.35 bits per heavy atom. The minimum Gasteiger partial charge on any atom is -0.496 e. The summed E-state index contributed by atoms with van der Waals surface area (Å²) in [6, 6.07) is 5.67. The normalized spacial score (nSPS) is 15.1. The number of aliphatic imine (C=N–C) groups is 1. The molecule has 3 rings (SSSR count). The zero-order valence-electron chi connectivity index (χ0n) is 18.9. The molecule has 0 aliphatic carbocycles. The number of piperazine rings is 1. The van der Waals surface area contributed by atoms with E-state index < -0.39 is 0 Å². The van der Waals surface area contributed by atoms with Crippen LogP contribution in [0.4, 0.5) is 0 Å². The first-order valence-corrected chi connectivity index (χ1v) is 10.6. The van der Waals surface area contributed by atoms with Crippen molar-refractivity contribution in [3.05, 3.63) is 35.7 Å². The fraction of sp³-hybridized carbons (Fsp3) is 0.545. The molecule has 1 aliphatic heterocycles.